The number of amides is 11. The van der Waals surface area contributed by atoms with Crippen molar-refractivity contribution in [3.63, 3.8) is 0 Å². The smallest absolute Gasteiger partial charge is 0.329 e. The number of fused-ring (bicyclic) bond motifs is 1. The number of carbonyl (C=O) groups is 20. The number of benzene rings is 2. The number of rotatable bonds is 40. The number of hydrogen-bond donors (Lipinski definition) is 15. The standard InChI is InChI=1S/C79H111N13O26/c1-8-11-13-14-15-16-17-27-66(101)86-56(29-48-38-92(7)60-26-21-19-22-50(48)60)77(113)88-55(35-65(80)100)63(98)30-47(32-70(106)107)73(109)91-71-46(6)118-79(115)57(34-61(96)51-23-18-20-25-53(51)81-10-3)89-75(111)52(44(4)28-69(104)105)33-64(99)58(39-93)87-68(103)36-82-76(112)59(41-117-43-95)90-72(108)45(5)84-74(110)49(40-116-42-94)31-62(97)54(24-12-9-2)85-67(102)37-83-78(71)114/h18-23,25-26,38,42-47,49,52,54-59,71,81,93H,8-17,24,27-37,39-41H2,1-7H3,(H2,80,100)(H,82,112)(H,83,114)(H,84,110)(H,85,102)(H,86,101)(H,87,103)(H,88,113)(H,89,111)(H,90,108)(H,91,109)(H,104,105)(H,106,107)/t44-,45-,46-,47+,49+,52+,54+,55-,56+,57+,58-,59+,71+/m1/s1. The van der Waals surface area contributed by atoms with E-state index in [4.69, 9.17) is 19.9 Å². The molecule has 648 valence electrons. The number of esters is 1. The number of carboxylic acid groups (broad SMARTS) is 2. The summed E-state index contributed by atoms with van der Waals surface area (Å²) in [6.45, 7) is 3.83. The third-order valence-corrected chi connectivity index (χ3v) is 19.5. The fourth-order valence-corrected chi connectivity index (χ4v) is 13.1. The first-order valence-corrected chi connectivity index (χ1v) is 39.2. The van der Waals surface area contributed by atoms with Crippen molar-refractivity contribution in [1.29, 1.82) is 0 Å². The number of ether oxygens (including phenoxy) is 3. The van der Waals surface area contributed by atoms with Crippen LogP contribution in [0.5, 0.6) is 0 Å². The minimum absolute atomic E-state index is 0.0123. The summed E-state index contributed by atoms with van der Waals surface area (Å²) >= 11 is 0. The summed E-state index contributed by atoms with van der Waals surface area (Å²) in [7, 11) is 1.76. The van der Waals surface area contributed by atoms with E-state index in [-0.39, 0.29) is 56.4 Å². The van der Waals surface area contributed by atoms with Gasteiger partial charge in [0.1, 0.15) is 55.6 Å². The Morgan fingerprint density at radius 3 is 1.87 bits per heavy atom. The molecule has 0 aliphatic carbocycles. The molecule has 2 aromatic carbocycles. The van der Waals surface area contributed by atoms with Crippen LogP contribution in [0.1, 0.15) is 173 Å². The monoisotopic (exact) mass is 1660 g/mol. The number of carbonyl (C=O) groups excluding carboxylic acids is 18. The molecule has 0 unspecified atom stereocenters. The van der Waals surface area contributed by atoms with Crippen molar-refractivity contribution in [1.82, 2.24) is 57.7 Å². The number of aryl methyl sites for hydroxylation is 1. The van der Waals surface area contributed by atoms with Crippen LogP contribution in [-0.4, -0.2) is 233 Å². The van der Waals surface area contributed by atoms with E-state index >= 15 is 4.79 Å². The highest BCUT2D eigenvalue weighted by Gasteiger charge is 2.41. The molecule has 1 saturated heterocycles. The number of para-hydroxylation sites is 2. The number of nitrogens with two attached hydrogens (primary N) is 1. The number of primary amides is 1. The quantitative estimate of drug-likeness (QED) is 0.0111. The summed E-state index contributed by atoms with van der Waals surface area (Å²) in [5, 5.41) is 57.7. The lowest BCUT2D eigenvalue weighted by Crippen LogP contribution is -2.57. The second-order valence-electron chi connectivity index (χ2n) is 28.9. The first-order chi connectivity index (χ1) is 56.1. The Bertz CT molecular complexity index is 4050. The molecule has 3 aromatic rings. The van der Waals surface area contributed by atoms with Gasteiger partial charge in [-0.25, -0.2) is 4.79 Å². The van der Waals surface area contributed by atoms with Gasteiger partial charge in [0.05, 0.1) is 56.5 Å². The van der Waals surface area contributed by atoms with Gasteiger partial charge in [-0.3, -0.25) is 91.1 Å². The van der Waals surface area contributed by atoms with Crippen LogP contribution in [-0.2, 0) is 119 Å². The first-order valence-electron chi connectivity index (χ1n) is 39.2. The van der Waals surface area contributed by atoms with Crippen molar-refractivity contribution < 1.29 is 125 Å². The second-order valence-corrected chi connectivity index (χ2v) is 28.9. The molecule has 1 aliphatic rings. The lowest BCUT2D eigenvalue weighted by atomic mass is 9.84. The van der Waals surface area contributed by atoms with Gasteiger partial charge < -0.3 is 98.3 Å². The van der Waals surface area contributed by atoms with Gasteiger partial charge in [-0.1, -0.05) is 102 Å². The fourth-order valence-electron chi connectivity index (χ4n) is 13.1. The zero-order chi connectivity index (χ0) is 87.7. The van der Waals surface area contributed by atoms with Gasteiger partial charge in [-0.2, -0.15) is 0 Å². The Hall–Kier alpha value is -12.1. The zero-order valence-corrected chi connectivity index (χ0v) is 67.3. The topological polar surface area (TPSA) is 593 Å². The maximum absolute atomic E-state index is 15.1. The predicted molar refractivity (Wildman–Crippen MR) is 419 cm³/mol. The second kappa shape index (κ2) is 51.1. The number of aliphatic carboxylic acids is 2. The Labute approximate surface area is 681 Å². The van der Waals surface area contributed by atoms with Gasteiger partial charge in [-0.05, 0) is 63.3 Å². The summed E-state index contributed by atoms with van der Waals surface area (Å²) in [4.78, 5) is 275. The zero-order valence-electron chi connectivity index (χ0n) is 67.3. The molecule has 0 spiro atoms. The molecular weight excluding hydrogens is 1550 g/mol. The summed E-state index contributed by atoms with van der Waals surface area (Å²) in [6.07, 6.45) is -1.03. The lowest BCUT2D eigenvalue weighted by Gasteiger charge is -2.29. The Kier molecular flexibility index (Phi) is 42.6. The summed E-state index contributed by atoms with van der Waals surface area (Å²) in [6, 6.07) is -1.75. The number of cyclic esters (lactones) is 1. The molecular formula is C79H111N13O26. The van der Waals surface area contributed by atoms with Crippen LogP contribution < -0.4 is 64.2 Å². The SMILES string of the molecule is CCCCCCCCCC(=O)N[C@@H](Cc1cn(C)c2ccccc12)C(=O)N[C@H](CC(N)=O)C(=O)C[C@@H](CC(=O)O)C(=O)N[C@@H]1C(=O)NCC(=O)N[C@@H](CCCC)C(=O)C[C@@H](COC=O)C(=O)N[C@H](C)C(=O)N[C@@H](COC=O)C(=O)NCC(=O)N[C@H](CO)C(=O)C[C@@H]([C@H](C)CC(=O)O)C(=O)N[C@@H](CC(=O)c2ccccc2NCC)C(=O)O[C@@H]1C. The Morgan fingerprint density at radius 2 is 1.24 bits per heavy atom. The van der Waals surface area contributed by atoms with Crippen LogP contribution in [0.2, 0.25) is 0 Å². The average molecular weight is 1660 g/mol. The van der Waals surface area contributed by atoms with E-state index in [0.717, 1.165) is 51.5 Å². The fraction of sp³-hybridized carbons (Fsp3) is 0.570. The maximum atomic E-state index is 15.1. The molecule has 39 nitrogen and oxygen atoms in total. The molecule has 0 radical (unpaired) electrons. The molecule has 11 amide bonds. The molecule has 1 aromatic heterocycles. The van der Waals surface area contributed by atoms with Gasteiger partial charge in [0.2, 0.25) is 65.0 Å². The first kappa shape index (κ1) is 98.3. The van der Waals surface area contributed by atoms with E-state index in [9.17, 15) is 106 Å². The largest absolute Gasteiger partial charge is 0.481 e. The van der Waals surface area contributed by atoms with Crippen molar-refractivity contribution in [2.24, 2.45) is 36.5 Å². The van der Waals surface area contributed by atoms with Crippen LogP contribution in [0.3, 0.4) is 0 Å². The molecule has 39 heteroatoms. The number of unbranched alkanes of at least 4 members (excludes halogenated alkanes) is 7. The number of nitrogens with one attached hydrogen (secondary N) is 11. The summed E-state index contributed by atoms with van der Waals surface area (Å²) in [5.41, 5.74) is 7.15. The van der Waals surface area contributed by atoms with E-state index in [1.807, 2.05) is 6.07 Å². The van der Waals surface area contributed by atoms with E-state index in [2.05, 4.69) is 65.4 Å². The highest BCUT2D eigenvalue weighted by atomic mass is 16.5. The van der Waals surface area contributed by atoms with Crippen LogP contribution >= 0.6 is 0 Å². The van der Waals surface area contributed by atoms with Gasteiger partial charge >= 0.3 is 17.9 Å². The average Bonchev–Trinajstić information content (AvgIpc) is 1.65. The molecule has 0 saturated carbocycles. The molecule has 16 N–H and O–H groups in total. The van der Waals surface area contributed by atoms with Gasteiger partial charge in [0.15, 0.2) is 23.1 Å². The number of nitrogens with zero attached hydrogens (tertiary/aromatic N) is 1. The number of aliphatic hydroxyl groups is 1. The molecule has 4 rings (SSSR count). The normalized spacial score (nSPS) is 21.0. The Morgan fingerprint density at radius 1 is 0.636 bits per heavy atom. The van der Waals surface area contributed by atoms with Crippen LogP contribution in [0.15, 0.2) is 54.7 Å². The molecule has 1 fully saturated rings. The van der Waals surface area contributed by atoms with Gasteiger partial charge in [-0.15, -0.1) is 0 Å². The molecule has 1 aliphatic heterocycles. The van der Waals surface area contributed by atoms with Crippen LogP contribution in [0.4, 0.5) is 5.69 Å². The van der Waals surface area contributed by atoms with Crippen molar-refractivity contribution in [2.45, 2.75) is 218 Å². The number of Topliss-reactive ketones (excluding diaryl/α,β-unsaturated/α-hetero) is 4. The van der Waals surface area contributed by atoms with Gasteiger partial charge in [0.25, 0.3) is 12.9 Å². The highest BCUT2D eigenvalue weighted by molar-refractivity contribution is 6.05. The molecule has 2 heterocycles. The maximum Gasteiger partial charge on any atom is 0.329 e. The van der Waals surface area contributed by atoms with Crippen molar-refractivity contribution in [3.8, 4) is 0 Å². The van der Waals surface area contributed by atoms with E-state index in [0.29, 0.717) is 30.2 Å². The third-order valence-electron chi connectivity index (χ3n) is 19.5. The minimum atomic E-state index is -2.34. The minimum Gasteiger partial charge on any atom is -0.481 e. The summed E-state index contributed by atoms with van der Waals surface area (Å²) < 4.78 is 17.2. The molecule has 118 heavy (non-hydrogen) atoms. The highest BCUT2D eigenvalue weighted by Crippen LogP contribution is 2.26. The third kappa shape index (κ3) is 33.3. The Balaban J connectivity index is 1.90. The van der Waals surface area contributed by atoms with E-state index in [1.165, 1.54) is 25.1 Å². The van der Waals surface area contributed by atoms with Crippen molar-refractivity contribution in [2.75, 3.05) is 44.8 Å². The number of aromatic nitrogens is 1. The number of aliphatic hydroxyl groups excluding tert-OH is 1. The van der Waals surface area contributed by atoms with Gasteiger partial charge in [0, 0.05) is 92.8 Å². The van der Waals surface area contributed by atoms with Crippen LogP contribution in [0.25, 0.3) is 10.9 Å². The number of carboxylic acids is 2. The van der Waals surface area contributed by atoms with E-state index < -0.39 is 262 Å². The summed E-state index contributed by atoms with van der Waals surface area (Å²) in [5.74, 6) is -28.7. The van der Waals surface area contributed by atoms with Crippen LogP contribution in [0, 0.1) is 23.7 Å². The van der Waals surface area contributed by atoms with Crippen molar-refractivity contribution >= 4 is 136 Å². The lowest BCUT2D eigenvalue weighted by molar-refractivity contribution is -0.156. The van der Waals surface area contributed by atoms with Crippen molar-refractivity contribution in [3.05, 3.63) is 65.9 Å². The molecule has 0 bridgehead atoms. The number of ketones is 4. The predicted octanol–water partition coefficient (Wildman–Crippen LogP) is -0.642. The number of hydrogen-bond acceptors (Lipinski definition) is 25. The molecule has 13 atom stereocenters. The number of anilines is 1. The van der Waals surface area contributed by atoms with E-state index in [1.54, 1.807) is 55.9 Å².